The standard InChI is InChI=1S/C30H29N5O2S2/c36-39(37,28-18-10-14-24-12-4-6-16-26(24)28)35(27-17-9-13-23-11-3-5-15-25(23)27)21-8-2-1-7-19-31-29-33-38-30-32-20-22-34(29)30/h3-6,9-18,20,22H,1-2,7-8,19,21H2,(H,31,33). The monoisotopic (exact) mass is 555 g/mol. The van der Waals surface area contributed by atoms with Crippen LogP contribution in [0.25, 0.3) is 26.5 Å². The Hall–Kier alpha value is -3.95. The fourth-order valence-electron chi connectivity index (χ4n) is 5.03. The van der Waals surface area contributed by atoms with Gasteiger partial charge in [-0.3, -0.25) is 8.71 Å². The predicted molar refractivity (Wildman–Crippen MR) is 160 cm³/mol. The van der Waals surface area contributed by atoms with E-state index in [0.29, 0.717) is 11.4 Å². The van der Waals surface area contributed by atoms with Gasteiger partial charge >= 0.3 is 0 Å². The molecule has 2 heterocycles. The van der Waals surface area contributed by atoms with Crippen molar-refractivity contribution in [3.63, 3.8) is 0 Å². The van der Waals surface area contributed by atoms with E-state index in [9.17, 15) is 8.42 Å². The van der Waals surface area contributed by atoms with Crippen LogP contribution in [0.1, 0.15) is 25.7 Å². The summed E-state index contributed by atoms with van der Waals surface area (Å²) >= 11 is 1.37. The molecule has 0 aliphatic heterocycles. The molecule has 0 saturated heterocycles. The van der Waals surface area contributed by atoms with Gasteiger partial charge < -0.3 is 5.32 Å². The maximum absolute atomic E-state index is 14.3. The maximum atomic E-state index is 14.3. The number of unbranched alkanes of at least 4 members (excludes halogenated alkanes) is 3. The van der Waals surface area contributed by atoms with Crippen molar-refractivity contribution in [2.45, 2.75) is 30.6 Å². The summed E-state index contributed by atoms with van der Waals surface area (Å²) in [7, 11) is -3.81. The Morgan fingerprint density at radius 2 is 1.49 bits per heavy atom. The summed E-state index contributed by atoms with van der Waals surface area (Å²) in [6, 6.07) is 27.0. The zero-order valence-corrected chi connectivity index (χ0v) is 23.0. The van der Waals surface area contributed by atoms with Crippen LogP contribution in [0.2, 0.25) is 0 Å². The third-order valence-corrected chi connectivity index (χ3v) is 9.57. The third kappa shape index (κ3) is 5.07. The molecule has 1 N–H and O–H groups in total. The van der Waals surface area contributed by atoms with Gasteiger partial charge in [-0.15, -0.1) is 0 Å². The second kappa shape index (κ2) is 11.0. The Labute approximate surface area is 232 Å². The number of benzene rings is 4. The zero-order valence-electron chi connectivity index (χ0n) is 21.4. The number of fused-ring (bicyclic) bond motifs is 3. The SMILES string of the molecule is O=S(=O)(c1cccc2ccccc12)N(CCCCCCNc1nsc2nccn12)c1cccc2ccccc12. The summed E-state index contributed by atoms with van der Waals surface area (Å²) in [4.78, 5) is 5.47. The number of aromatic nitrogens is 3. The maximum Gasteiger partial charge on any atom is 0.264 e. The molecule has 0 aliphatic carbocycles. The average molecular weight is 556 g/mol. The number of hydrogen-bond acceptors (Lipinski definition) is 6. The van der Waals surface area contributed by atoms with Crippen LogP contribution in [0.15, 0.2) is 102 Å². The lowest BCUT2D eigenvalue weighted by molar-refractivity contribution is 0.586. The Morgan fingerprint density at radius 1 is 0.795 bits per heavy atom. The molecule has 9 heteroatoms. The van der Waals surface area contributed by atoms with Gasteiger partial charge in [0.25, 0.3) is 10.0 Å². The molecule has 0 unspecified atom stereocenters. The molecule has 4 aromatic carbocycles. The van der Waals surface area contributed by atoms with E-state index in [1.807, 2.05) is 89.5 Å². The molecule has 2 aromatic heterocycles. The molecule has 6 aromatic rings. The Morgan fingerprint density at radius 3 is 2.33 bits per heavy atom. The molecule has 0 fully saturated rings. The van der Waals surface area contributed by atoms with Crippen molar-refractivity contribution in [3.05, 3.63) is 97.3 Å². The zero-order chi connectivity index (χ0) is 26.7. The van der Waals surface area contributed by atoms with Crippen LogP contribution in [0.3, 0.4) is 0 Å². The van der Waals surface area contributed by atoms with E-state index in [2.05, 4.69) is 14.7 Å². The lowest BCUT2D eigenvalue weighted by Crippen LogP contribution is -2.32. The first-order valence-electron chi connectivity index (χ1n) is 13.1. The van der Waals surface area contributed by atoms with Gasteiger partial charge in [-0.05, 0) is 35.7 Å². The summed E-state index contributed by atoms with van der Waals surface area (Å²) in [5, 5.41) is 6.99. The quantitative estimate of drug-likeness (QED) is 0.175. The van der Waals surface area contributed by atoms with Crippen molar-refractivity contribution in [2.24, 2.45) is 0 Å². The fraction of sp³-hybridized carbons (Fsp3) is 0.200. The van der Waals surface area contributed by atoms with Gasteiger partial charge in [-0.2, -0.15) is 4.37 Å². The highest BCUT2D eigenvalue weighted by molar-refractivity contribution is 7.93. The van der Waals surface area contributed by atoms with Crippen molar-refractivity contribution in [1.82, 2.24) is 13.8 Å². The number of sulfonamides is 1. The van der Waals surface area contributed by atoms with Crippen LogP contribution < -0.4 is 9.62 Å². The lowest BCUT2D eigenvalue weighted by Gasteiger charge is -2.26. The normalized spacial score (nSPS) is 11.9. The van der Waals surface area contributed by atoms with Crippen molar-refractivity contribution in [1.29, 1.82) is 0 Å². The largest absolute Gasteiger partial charge is 0.355 e. The molecule has 198 valence electrons. The highest BCUT2D eigenvalue weighted by Crippen LogP contribution is 2.34. The van der Waals surface area contributed by atoms with Crippen molar-refractivity contribution in [2.75, 3.05) is 22.7 Å². The number of rotatable bonds is 11. The summed E-state index contributed by atoms with van der Waals surface area (Å²) in [6.45, 7) is 1.22. The Balaban J connectivity index is 1.20. The minimum Gasteiger partial charge on any atom is -0.355 e. The van der Waals surface area contributed by atoms with E-state index >= 15 is 0 Å². The van der Waals surface area contributed by atoms with E-state index in [4.69, 9.17) is 0 Å². The topological polar surface area (TPSA) is 79.6 Å². The molecule has 0 spiro atoms. The molecule has 0 amide bonds. The van der Waals surface area contributed by atoms with E-state index in [0.717, 1.165) is 70.4 Å². The van der Waals surface area contributed by atoms with Gasteiger partial charge in [0, 0.05) is 47.8 Å². The summed E-state index contributed by atoms with van der Waals surface area (Å²) in [6.07, 6.45) is 7.31. The molecule has 0 saturated carbocycles. The van der Waals surface area contributed by atoms with Crippen molar-refractivity contribution in [3.8, 4) is 0 Å². The van der Waals surface area contributed by atoms with Crippen LogP contribution in [0.5, 0.6) is 0 Å². The van der Waals surface area contributed by atoms with Crippen LogP contribution >= 0.6 is 11.5 Å². The van der Waals surface area contributed by atoms with E-state index in [-0.39, 0.29) is 0 Å². The van der Waals surface area contributed by atoms with E-state index in [1.54, 1.807) is 16.6 Å². The van der Waals surface area contributed by atoms with Gasteiger partial charge in [0.15, 0.2) is 0 Å². The fourth-order valence-corrected chi connectivity index (χ4v) is 7.44. The smallest absolute Gasteiger partial charge is 0.264 e. The molecule has 0 atom stereocenters. The van der Waals surface area contributed by atoms with E-state index < -0.39 is 10.0 Å². The molecule has 0 radical (unpaired) electrons. The molecule has 6 rings (SSSR count). The molecular weight excluding hydrogens is 526 g/mol. The average Bonchev–Trinajstić information content (AvgIpc) is 3.59. The first-order chi connectivity index (χ1) is 19.1. The molecule has 0 aliphatic rings. The van der Waals surface area contributed by atoms with Crippen molar-refractivity contribution >= 4 is 59.7 Å². The van der Waals surface area contributed by atoms with Crippen LogP contribution in [-0.2, 0) is 10.0 Å². The number of hydrogen-bond donors (Lipinski definition) is 1. The predicted octanol–water partition coefficient (Wildman–Crippen LogP) is 6.97. The number of anilines is 2. The van der Waals surface area contributed by atoms with Crippen LogP contribution in [-0.4, -0.2) is 35.3 Å². The van der Waals surface area contributed by atoms with Crippen molar-refractivity contribution < 1.29 is 8.42 Å². The minimum atomic E-state index is -3.81. The minimum absolute atomic E-state index is 0.340. The number of nitrogens with one attached hydrogen (secondary N) is 1. The number of imidazole rings is 1. The molecule has 7 nitrogen and oxygen atoms in total. The molecule has 39 heavy (non-hydrogen) atoms. The summed E-state index contributed by atoms with van der Waals surface area (Å²) in [5.41, 5.74) is 0.718. The lowest BCUT2D eigenvalue weighted by atomic mass is 10.1. The Kier molecular flexibility index (Phi) is 7.17. The highest BCUT2D eigenvalue weighted by Gasteiger charge is 2.27. The first kappa shape index (κ1) is 25.3. The third-order valence-electron chi connectivity index (χ3n) is 6.97. The van der Waals surface area contributed by atoms with Crippen LogP contribution in [0.4, 0.5) is 11.6 Å². The molecular formula is C30H29N5O2S2. The summed E-state index contributed by atoms with van der Waals surface area (Å²) < 4.78 is 36.5. The van der Waals surface area contributed by atoms with Gasteiger partial charge in [-0.25, -0.2) is 13.4 Å². The second-order valence-electron chi connectivity index (χ2n) is 9.48. The molecule has 0 bridgehead atoms. The van der Waals surface area contributed by atoms with Crippen LogP contribution in [0, 0.1) is 0 Å². The van der Waals surface area contributed by atoms with Gasteiger partial charge in [0.1, 0.15) is 0 Å². The van der Waals surface area contributed by atoms with Gasteiger partial charge in [0.2, 0.25) is 10.9 Å². The Bertz CT molecular complexity index is 1830. The van der Waals surface area contributed by atoms with Gasteiger partial charge in [-0.1, -0.05) is 85.6 Å². The van der Waals surface area contributed by atoms with Gasteiger partial charge in [0.05, 0.1) is 10.6 Å². The highest BCUT2D eigenvalue weighted by atomic mass is 32.2. The van der Waals surface area contributed by atoms with E-state index in [1.165, 1.54) is 11.5 Å². The first-order valence-corrected chi connectivity index (χ1v) is 15.4. The number of nitrogens with zero attached hydrogens (tertiary/aromatic N) is 4. The summed E-state index contributed by atoms with van der Waals surface area (Å²) in [5.74, 6) is 0.816. The second-order valence-corrected chi connectivity index (χ2v) is 12.0.